The Labute approximate surface area is 106 Å². The lowest BCUT2D eigenvalue weighted by Crippen LogP contribution is -2.24. The smallest absolute Gasteiger partial charge is 0.130 e. The van der Waals surface area contributed by atoms with Crippen LogP contribution in [0, 0.1) is 0 Å². The van der Waals surface area contributed by atoms with Crippen LogP contribution in [0.15, 0.2) is 24.4 Å². The average molecular weight is 243 g/mol. The van der Waals surface area contributed by atoms with Gasteiger partial charge in [-0.2, -0.15) is 0 Å². The molecule has 4 heteroatoms. The van der Waals surface area contributed by atoms with Crippen LogP contribution in [-0.4, -0.2) is 29.7 Å². The van der Waals surface area contributed by atoms with Gasteiger partial charge in [0.1, 0.15) is 11.6 Å². The van der Waals surface area contributed by atoms with Gasteiger partial charge in [0.25, 0.3) is 0 Å². The quantitative estimate of drug-likeness (QED) is 0.895. The van der Waals surface area contributed by atoms with E-state index in [0.29, 0.717) is 6.04 Å². The van der Waals surface area contributed by atoms with Crippen molar-refractivity contribution in [3.63, 3.8) is 0 Å². The number of methoxy groups -OCH3 is 1. The Bertz CT molecular complexity index is 550. The fraction of sp³-hybridized carbons (Fsp3) is 0.429. The van der Waals surface area contributed by atoms with Crippen molar-refractivity contribution in [2.45, 2.75) is 25.3 Å². The molecule has 3 rings (SSSR count). The van der Waals surface area contributed by atoms with Gasteiger partial charge in [-0.05, 0) is 37.6 Å². The van der Waals surface area contributed by atoms with Crippen LogP contribution in [-0.2, 0) is 6.42 Å². The lowest BCUT2D eigenvalue weighted by Gasteiger charge is -2.09. The number of nitrogens with zero attached hydrogens (tertiary/aromatic N) is 2. The topological polar surface area (TPSA) is 47.0 Å². The Morgan fingerprint density at radius 1 is 1.44 bits per heavy atom. The van der Waals surface area contributed by atoms with Crippen molar-refractivity contribution in [3.05, 3.63) is 30.2 Å². The first kappa shape index (κ1) is 11.4. The zero-order valence-corrected chi connectivity index (χ0v) is 10.5. The summed E-state index contributed by atoms with van der Waals surface area (Å²) in [5, 5.41) is 4.50. The maximum absolute atomic E-state index is 5.19. The Morgan fingerprint density at radius 2 is 2.39 bits per heavy atom. The van der Waals surface area contributed by atoms with Gasteiger partial charge in [0.15, 0.2) is 0 Å². The molecule has 4 nitrogen and oxygen atoms in total. The highest BCUT2D eigenvalue weighted by Crippen LogP contribution is 2.19. The molecule has 1 saturated heterocycles. The highest BCUT2D eigenvalue weighted by Gasteiger charge is 2.15. The van der Waals surface area contributed by atoms with E-state index in [1.807, 2.05) is 24.4 Å². The predicted octanol–water partition coefficient (Wildman–Crippen LogP) is 1.93. The van der Waals surface area contributed by atoms with E-state index in [1.54, 1.807) is 7.11 Å². The van der Waals surface area contributed by atoms with Gasteiger partial charge >= 0.3 is 0 Å². The summed E-state index contributed by atoms with van der Waals surface area (Å²) >= 11 is 0. The van der Waals surface area contributed by atoms with Crippen molar-refractivity contribution >= 4 is 10.9 Å². The lowest BCUT2D eigenvalue weighted by atomic mass is 10.1. The highest BCUT2D eigenvalue weighted by molar-refractivity contribution is 5.79. The number of aromatic nitrogens is 2. The van der Waals surface area contributed by atoms with Gasteiger partial charge in [0.05, 0.1) is 12.6 Å². The van der Waals surface area contributed by atoms with E-state index >= 15 is 0 Å². The van der Waals surface area contributed by atoms with E-state index in [0.717, 1.165) is 35.4 Å². The zero-order valence-electron chi connectivity index (χ0n) is 10.5. The van der Waals surface area contributed by atoms with Crippen molar-refractivity contribution < 1.29 is 4.74 Å². The van der Waals surface area contributed by atoms with E-state index in [-0.39, 0.29) is 0 Å². The Hall–Kier alpha value is -1.68. The van der Waals surface area contributed by atoms with Crippen LogP contribution in [0.3, 0.4) is 0 Å². The first-order valence-corrected chi connectivity index (χ1v) is 6.38. The summed E-state index contributed by atoms with van der Waals surface area (Å²) in [4.78, 5) is 9.05. The molecule has 0 bridgehead atoms. The van der Waals surface area contributed by atoms with E-state index in [1.165, 1.54) is 12.8 Å². The van der Waals surface area contributed by atoms with Crippen LogP contribution in [0.2, 0.25) is 0 Å². The summed E-state index contributed by atoms with van der Waals surface area (Å²) in [6.45, 7) is 1.12. The molecule has 0 saturated carbocycles. The Balaban J connectivity index is 1.86. The van der Waals surface area contributed by atoms with Crippen LogP contribution >= 0.6 is 0 Å². The summed E-state index contributed by atoms with van der Waals surface area (Å²) in [7, 11) is 1.67. The molecule has 94 valence electrons. The van der Waals surface area contributed by atoms with Crippen LogP contribution in [0.4, 0.5) is 0 Å². The highest BCUT2D eigenvalue weighted by atomic mass is 16.5. The SMILES string of the molecule is COc1ccc2nc(CC3CCCN3)ncc2c1. The molecule has 2 aromatic rings. The number of nitrogens with one attached hydrogen (secondary N) is 1. The number of rotatable bonds is 3. The van der Waals surface area contributed by atoms with Gasteiger partial charge in [0, 0.05) is 24.0 Å². The molecule has 1 fully saturated rings. The molecule has 0 spiro atoms. The molecule has 18 heavy (non-hydrogen) atoms. The van der Waals surface area contributed by atoms with E-state index in [4.69, 9.17) is 4.74 Å². The molecule has 1 aliphatic heterocycles. The molecule has 1 aromatic carbocycles. The number of hydrogen-bond donors (Lipinski definition) is 1. The summed E-state index contributed by atoms with van der Waals surface area (Å²) in [6.07, 6.45) is 5.29. The first-order chi connectivity index (χ1) is 8.85. The largest absolute Gasteiger partial charge is 0.497 e. The minimum atomic E-state index is 0.542. The normalized spacial score (nSPS) is 19.3. The van der Waals surface area contributed by atoms with Gasteiger partial charge in [-0.3, -0.25) is 0 Å². The number of ether oxygens (including phenoxy) is 1. The first-order valence-electron chi connectivity index (χ1n) is 6.38. The fourth-order valence-electron chi connectivity index (χ4n) is 2.43. The third-order valence-electron chi connectivity index (χ3n) is 3.43. The van der Waals surface area contributed by atoms with Crippen molar-refractivity contribution in [3.8, 4) is 5.75 Å². The molecule has 1 aromatic heterocycles. The maximum atomic E-state index is 5.19. The molecule has 1 aliphatic rings. The van der Waals surface area contributed by atoms with Gasteiger partial charge < -0.3 is 10.1 Å². The van der Waals surface area contributed by atoms with Crippen LogP contribution < -0.4 is 10.1 Å². The molecular formula is C14H17N3O. The molecular weight excluding hydrogens is 226 g/mol. The van der Waals surface area contributed by atoms with Gasteiger partial charge in [-0.1, -0.05) is 0 Å². The van der Waals surface area contributed by atoms with Gasteiger partial charge in [-0.25, -0.2) is 9.97 Å². The van der Waals surface area contributed by atoms with Gasteiger partial charge in [-0.15, -0.1) is 0 Å². The van der Waals surface area contributed by atoms with E-state index in [9.17, 15) is 0 Å². The van der Waals surface area contributed by atoms with Gasteiger partial charge in [0.2, 0.25) is 0 Å². The number of hydrogen-bond acceptors (Lipinski definition) is 4. The zero-order chi connectivity index (χ0) is 12.4. The van der Waals surface area contributed by atoms with Crippen molar-refractivity contribution in [1.82, 2.24) is 15.3 Å². The third-order valence-corrected chi connectivity index (χ3v) is 3.43. The summed E-state index contributed by atoms with van der Waals surface area (Å²) < 4.78 is 5.19. The fourth-order valence-corrected chi connectivity index (χ4v) is 2.43. The summed E-state index contributed by atoms with van der Waals surface area (Å²) in [6, 6.07) is 6.43. The summed E-state index contributed by atoms with van der Waals surface area (Å²) in [5.41, 5.74) is 0.985. The monoisotopic (exact) mass is 243 g/mol. The lowest BCUT2D eigenvalue weighted by molar-refractivity contribution is 0.415. The summed E-state index contributed by atoms with van der Waals surface area (Å²) in [5.74, 6) is 1.77. The minimum Gasteiger partial charge on any atom is -0.497 e. The second kappa shape index (κ2) is 4.90. The molecule has 2 heterocycles. The van der Waals surface area contributed by atoms with Crippen molar-refractivity contribution in [1.29, 1.82) is 0 Å². The average Bonchev–Trinajstić information content (AvgIpc) is 2.91. The third kappa shape index (κ3) is 2.29. The minimum absolute atomic E-state index is 0.542. The molecule has 1 N–H and O–H groups in total. The molecule has 0 radical (unpaired) electrons. The van der Waals surface area contributed by atoms with E-state index < -0.39 is 0 Å². The predicted molar refractivity (Wildman–Crippen MR) is 70.8 cm³/mol. The number of benzene rings is 1. The Kier molecular flexibility index (Phi) is 3.11. The maximum Gasteiger partial charge on any atom is 0.130 e. The Morgan fingerprint density at radius 3 is 3.17 bits per heavy atom. The van der Waals surface area contributed by atoms with Crippen LogP contribution in [0.25, 0.3) is 10.9 Å². The number of fused-ring (bicyclic) bond motifs is 1. The van der Waals surface area contributed by atoms with Crippen LogP contribution in [0.1, 0.15) is 18.7 Å². The second-order valence-electron chi connectivity index (χ2n) is 4.71. The molecule has 0 aliphatic carbocycles. The molecule has 1 atom stereocenters. The second-order valence-corrected chi connectivity index (χ2v) is 4.71. The van der Waals surface area contributed by atoms with Crippen molar-refractivity contribution in [2.24, 2.45) is 0 Å². The van der Waals surface area contributed by atoms with Crippen molar-refractivity contribution in [2.75, 3.05) is 13.7 Å². The molecule has 0 amide bonds. The standard InChI is InChI=1S/C14H17N3O/c1-18-12-4-5-13-10(7-12)9-16-14(17-13)8-11-3-2-6-15-11/h4-5,7,9,11,15H,2-3,6,8H2,1H3. The van der Waals surface area contributed by atoms with Crippen LogP contribution in [0.5, 0.6) is 5.75 Å². The van der Waals surface area contributed by atoms with E-state index in [2.05, 4.69) is 15.3 Å². The molecule has 1 unspecified atom stereocenters.